The third-order valence-electron chi connectivity index (χ3n) is 3.87. The van der Waals surface area contributed by atoms with Crippen LogP contribution in [0.15, 0.2) is 24.3 Å². The van der Waals surface area contributed by atoms with Gasteiger partial charge in [-0.3, -0.25) is 0 Å². The zero-order valence-corrected chi connectivity index (χ0v) is 12.1. The van der Waals surface area contributed by atoms with Crippen LogP contribution in [-0.2, 0) is 10.3 Å². The second-order valence-corrected chi connectivity index (χ2v) is 5.20. The van der Waals surface area contributed by atoms with E-state index in [-0.39, 0.29) is 5.54 Å². The monoisotopic (exact) mass is 263 g/mol. The maximum absolute atomic E-state index is 5.90. The molecule has 0 radical (unpaired) electrons. The van der Waals surface area contributed by atoms with Crippen LogP contribution in [0.1, 0.15) is 38.2 Å². The van der Waals surface area contributed by atoms with E-state index in [4.69, 9.17) is 9.47 Å². The Morgan fingerprint density at radius 3 is 2.79 bits per heavy atom. The maximum atomic E-state index is 5.90. The average molecular weight is 263 g/mol. The smallest absolute Gasteiger partial charge is 0.124 e. The van der Waals surface area contributed by atoms with Crippen molar-refractivity contribution in [3.05, 3.63) is 29.8 Å². The van der Waals surface area contributed by atoms with E-state index in [1.807, 2.05) is 6.07 Å². The van der Waals surface area contributed by atoms with Gasteiger partial charge in [0.2, 0.25) is 0 Å². The number of benzene rings is 1. The molecule has 0 saturated carbocycles. The quantitative estimate of drug-likeness (QED) is 0.767. The maximum Gasteiger partial charge on any atom is 0.124 e. The molecule has 1 heterocycles. The van der Waals surface area contributed by atoms with E-state index in [1.165, 1.54) is 24.8 Å². The zero-order chi connectivity index (χ0) is 13.6. The largest absolute Gasteiger partial charge is 0.491 e. The minimum absolute atomic E-state index is 0.110. The van der Waals surface area contributed by atoms with Crippen molar-refractivity contribution in [2.75, 3.05) is 26.9 Å². The Kier molecular flexibility index (Phi) is 5.23. The fourth-order valence-corrected chi connectivity index (χ4v) is 3.03. The highest BCUT2D eigenvalue weighted by Gasteiger charge is 2.36. The summed E-state index contributed by atoms with van der Waals surface area (Å²) in [6, 6.07) is 8.43. The topological polar surface area (TPSA) is 30.5 Å². The van der Waals surface area contributed by atoms with E-state index >= 15 is 0 Å². The summed E-state index contributed by atoms with van der Waals surface area (Å²) in [6.07, 6.45) is 4.79. The molecule has 1 N–H and O–H groups in total. The van der Waals surface area contributed by atoms with Crippen molar-refractivity contribution in [1.82, 2.24) is 5.32 Å². The van der Waals surface area contributed by atoms with Crippen LogP contribution in [0.2, 0.25) is 0 Å². The van der Waals surface area contributed by atoms with E-state index in [9.17, 15) is 0 Å². The lowest BCUT2D eigenvalue weighted by Gasteiger charge is -2.31. The molecule has 1 saturated heterocycles. The van der Waals surface area contributed by atoms with Gasteiger partial charge in [-0.05, 0) is 31.9 Å². The van der Waals surface area contributed by atoms with Crippen molar-refractivity contribution >= 4 is 0 Å². The van der Waals surface area contributed by atoms with Gasteiger partial charge >= 0.3 is 0 Å². The van der Waals surface area contributed by atoms with Gasteiger partial charge in [-0.25, -0.2) is 0 Å². The molecule has 1 unspecified atom stereocenters. The van der Waals surface area contributed by atoms with Crippen molar-refractivity contribution in [3.8, 4) is 5.75 Å². The Labute approximate surface area is 116 Å². The van der Waals surface area contributed by atoms with E-state index in [2.05, 4.69) is 30.4 Å². The summed E-state index contributed by atoms with van der Waals surface area (Å²) in [4.78, 5) is 0. The van der Waals surface area contributed by atoms with Gasteiger partial charge in [-0.1, -0.05) is 31.5 Å². The highest BCUT2D eigenvalue weighted by molar-refractivity contribution is 5.40. The van der Waals surface area contributed by atoms with Gasteiger partial charge in [0.1, 0.15) is 12.4 Å². The van der Waals surface area contributed by atoms with Gasteiger partial charge in [0.25, 0.3) is 0 Å². The molecule has 0 aromatic heterocycles. The summed E-state index contributed by atoms with van der Waals surface area (Å²) in [5.74, 6) is 1.00. The number of para-hydroxylation sites is 1. The lowest BCUT2D eigenvalue weighted by molar-refractivity contribution is 0.144. The van der Waals surface area contributed by atoms with Crippen molar-refractivity contribution < 1.29 is 9.47 Å². The first-order valence-electron chi connectivity index (χ1n) is 7.28. The van der Waals surface area contributed by atoms with Crippen molar-refractivity contribution in [1.29, 1.82) is 0 Å². The molecule has 3 nitrogen and oxygen atoms in total. The normalized spacial score (nSPS) is 22.6. The third-order valence-corrected chi connectivity index (χ3v) is 3.87. The highest BCUT2D eigenvalue weighted by atomic mass is 16.5. The third kappa shape index (κ3) is 3.28. The molecule has 19 heavy (non-hydrogen) atoms. The first kappa shape index (κ1) is 14.4. The molecule has 0 aliphatic carbocycles. The lowest BCUT2D eigenvalue weighted by atomic mass is 9.83. The van der Waals surface area contributed by atoms with Crippen molar-refractivity contribution in [2.45, 2.75) is 38.1 Å². The molecular formula is C16H25NO2. The molecular weight excluding hydrogens is 238 g/mol. The Morgan fingerprint density at radius 1 is 1.26 bits per heavy atom. The molecule has 1 aromatic rings. The second kappa shape index (κ2) is 6.92. The van der Waals surface area contributed by atoms with Crippen LogP contribution in [0.25, 0.3) is 0 Å². The molecule has 1 aliphatic rings. The molecule has 0 amide bonds. The van der Waals surface area contributed by atoms with Crippen LogP contribution >= 0.6 is 0 Å². The number of hydrogen-bond acceptors (Lipinski definition) is 3. The van der Waals surface area contributed by atoms with Crippen LogP contribution in [0.5, 0.6) is 5.75 Å². The summed E-state index contributed by atoms with van der Waals surface area (Å²) in [5.41, 5.74) is 1.42. The van der Waals surface area contributed by atoms with Crippen LogP contribution in [-0.4, -0.2) is 26.9 Å². The fraction of sp³-hybridized carbons (Fsp3) is 0.625. The standard InChI is InChI=1S/C16H25NO2/c1-3-9-16(10-6-11-17-16)14-7-4-5-8-15(14)19-13-12-18-2/h4-5,7-8,17H,3,6,9-13H2,1-2H3. The van der Waals surface area contributed by atoms with Crippen LogP contribution in [0.4, 0.5) is 0 Å². The Balaban J connectivity index is 2.21. The predicted molar refractivity (Wildman–Crippen MR) is 77.6 cm³/mol. The molecule has 2 rings (SSSR count). The fourth-order valence-electron chi connectivity index (χ4n) is 3.03. The molecule has 0 spiro atoms. The minimum Gasteiger partial charge on any atom is -0.491 e. The summed E-state index contributed by atoms with van der Waals surface area (Å²) in [5, 5.41) is 3.71. The van der Waals surface area contributed by atoms with Gasteiger partial charge in [-0.15, -0.1) is 0 Å². The Hall–Kier alpha value is -1.06. The average Bonchev–Trinajstić information content (AvgIpc) is 2.90. The molecule has 1 aromatic carbocycles. The SMILES string of the molecule is CCCC1(c2ccccc2OCCOC)CCCN1. The number of methoxy groups -OCH3 is 1. The Bertz CT molecular complexity index is 386. The number of rotatable bonds is 7. The molecule has 106 valence electrons. The summed E-state index contributed by atoms with van der Waals surface area (Å²) < 4.78 is 11.0. The highest BCUT2D eigenvalue weighted by Crippen LogP contribution is 2.39. The number of hydrogen-bond donors (Lipinski definition) is 1. The number of nitrogens with one attached hydrogen (secondary N) is 1. The van der Waals surface area contributed by atoms with E-state index in [1.54, 1.807) is 7.11 Å². The van der Waals surface area contributed by atoms with Gasteiger partial charge in [0.15, 0.2) is 0 Å². The number of ether oxygens (including phenoxy) is 2. The zero-order valence-electron chi connectivity index (χ0n) is 12.1. The van der Waals surface area contributed by atoms with E-state index in [0.29, 0.717) is 13.2 Å². The second-order valence-electron chi connectivity index (χ2n) is 5.20. The summed E-state index contributed by atoms with van der Waals surface area (Å²) in [7, 11) is 1.70. The van der Waals surface area contributed by atoms with E-state index in [0.717, 1.165) is 18.7 Å². The van der Waals surface area contributed by atoms with Crippen LogP contribution in [0, 0.1) is 0 Å². The lowest BCUT2D eigenvalue weighted by Crippen LogP contribution is -2.37. The van der Waals surface area contributed by atoms with Gasteiger partial charge in [0, 0.05) is 18.2 Å². The van der Waals surface area contributed by atoms with Crippen molar-refractivity contribution in [2.24, 2.45) is 0 Å². The first-order valence-corrected chi connectivity index (χ1v) is 7.28. The molecule has 0 bridgehead atoms. The molecule has 3 heteroatoms. The van der Waals surface area contributed by atoms with Gasteiger partial charge in [-0.2, -0.15) is 0 Å². The Morgan fingerprint density at radius 2 is 2.11 bits per heavy atom. The molecule has 1 atom stereocenters. The van der Waals surface area contributed by atoms with E-state index < -0.39 is 0 Å². The van der Waals surface area contributed by atoms with Gasteiger partial charge < -0.3 is 14.8 Å². The molecule has 1 aliphatic heterocycles. The molecule has 1 fully saturated rings. The first-order chi connectivity index (χ1) is 9.32. The predicted octanol–water partition coefficient (Wildman–Crippen LogP) is 3.09. The summed E-state index contributed by atoms with van der Waals surface area (Å²) >= 11 is 0. The van der Waals surface area contributed by atoms with Crippen LogP contribution in [0.3, 0.4) is 0 Å². The van der Waals surface area contributed by atoms with Crippen LogP contribution < -0.4 is 10.1 Å². The van der Waals surface area contributed by atoms with Gasteiger partial charge in [0.05, 0.1) is 6.61 Å². The van der Waals surface area contributed by atoms with Crippen molar-refractivity contribution in [3.63, 3.8) is 0 Å². The minimum atomic E-state index is 0.110. The summed E-state index contributed by atoms with van der Waals surface area (Å²) in [6.45, 7) is 4.58.